The van der Waals surface area contributed by atoms with Gasteiger partial charge in [0.05, 0.1) is 12.8 Å². The third-order valence-electron chi connectivity index (χ3n) is 7.90. The first-order valence-electron chi connectivity index (χ1n) is 11.5. The average molecular weight is 398 g/mol. The molecule has 29 heavy (non-hydrogen) atoms. The van der Waals surface area contributed by atoms with Gasteiger partial charge in [-0.05, 0) is 68.4 Å². The van der Waals surface area contributed by atoms with E-state index in [9.17, 15) is 4.79 Å². The first-order valence-corrected chi connectivity index (χ1v) is 11.5. The maximum atomic E-state index is 12.8. The molecule has 1 N–H and O–H groups in total. The summed E-state index contributed by atoms with van der Waals surface area (Å²) in [5, 5.41) is 3.52. The minimum Gasteiger partial charge on any atom is -0.495 e. The molecule has 4 saturated carbocycles. The Hall–Kier alpha value is -1.75. The van der Waals surface area contributed by atoms with E-state index in [0.717, 1.165) is 56.2 Å². The Labute approximate surface area is 174 Å². The largest absolute Gasteiger partial charge is 0.495 e. The van der Waals surface area contributed by atoms with Crippen LogP contribution in [0.5, 0.6) is 5.75 Å². The SMILES string of the molecule is COc1ccccc1N1CCN(CCC(=O)NC23CC4CC(CC(C4)C2)C3)CC1. The zero-order valence-corrected chi connectivity index (χ0v) is 17.7. The highest BCUT2D eigenvalue weighted by Gasteiger charge is 2.51. The van der Waals surface area contributed by atoms with Gasteiger partial charge < -0.3 is 15.0 Å². The smallest absolute Gasteiger partial charge is 0.221 e. The molecule has 6 rings (SSSR count). The van der Waals surface area contributed by atoms with Crippen LogP contribution in [0.1, 0.15) is 44.9 Å². The standard InChI is InChI=1S/C24H35N3O2/c1-29-22-5-3-2-4-21(22)27-10-8-26(9-11-27)7-6-23(28)25-24-15-18-12-19(16-24)14-20(13-18)17-24/h2-5,18-20H,6-17H2,1H3,(H,25,28). The molecule has 0 unspecified atom stereocenters. The zero-order valence-electron chi connectivity index (χ0n) is 17.7. The first kappa shape index (κ1) is 19.2. The highest BCUT2D eigenvalue weighted by Crippen LogP contribution is 2.55. The van der Waals surface area contributed by atoms with E-state index in [1.165, 1.54) is 44.2 Å². The van der Waals surface area contributed by atoms with E-state index in [1.807, 2.05) is 12.1 Å². The van der Waals surface area contributed by atoms with Gasteiger partial charge in [-0.25, -0.2) is 0 Å². The summed E-state index contributed by atoms with van der Waals surface area (Å²) < 4.78 is 5.51. The van der Waals surface area contributed by atoms with Crippen molar-refractivity contribution in [3.05, 3.63) is 24.3 Å². The molecule has 158 valence electrons. The van der Waals surface area contributed by atoms with E-state index in [1.54, 1.807) is 7.11 Å². The van der Waals surface area contributed by atoms with Crippen LogP contribution in [0.25, 0.3) is 0 Å². The van der Waals surface area contributed by atoms with Crippen molar-refractivity contribution < 1.29 is 9.53 Å². The summed E-state index contributed by atoms with van der Waals surface area (Å²) in [7, 11) is 1.73. The number of nitrogens with one attached hydrogen (secondary N) is 1. The van der Waals surface area contributed by atoms with Gasteiger partial charge in [-0.1, -0.05) is 12.1 Å². The number of ether oxygens (including phenoxy) is 1. The molecule has 0 radical (unpaired) electrons. The summed E-state index contributed by atoms with van der Waals surface area (Å²) in [5.41, 5.74) is 1.32. The number of carbonyl (C=O) groups excluding carboxylic acids is 1. The summed E-state index contributed by atoms with van der Waals surface area (Å²) >= 11 is 0. The van der Waals surface area contributed by atoms with Crippen molar-refractivity contribution in [3.63, 3.8) is 0 Å². The molecule has 5 fully saturated rings. The Balaban J connectivity index is 1.09. The van der Waals surface area contributed by atoms with E-state index in [4.69, 9.17) is 4.74 Å². The fourth-order valence-corrected chi connectivity index (χ4v) is 6.99. The Kier molecular flexibility index (Phi) is 5.19. The molecule has 1 amide bonds. The van der Waals surface area contributed by atoms with Crippen molar-refractivity contribution in [1.82, 2.24) is 10.2 Å². The number of benzene rings is 1. The molecule has 1 aliphatic heterocycles. The molecular weight excluding hydrogens is 362 g/mol. The molecule has 1 saturated heterocycles. The molecule has 5 heteroatoms. The summed E-state index contributed by atoms with van der Waals surface area (Å²) in [6, 6.07) is 8.24. The number of piperazine rings is 1. The van der Waals surface area contributed by atoms with Crippen LogP contribution >= 0.6 is 0 Å². The molecule has 5 nitrogen and oxygen atoms in total. The maximum absolute atomic E-state index is 12.8. The van der Waals surface area contributed by atoms with Gasteiger partial charge in [0, 0.05) is 44.7 Å². The molecule has 1 heterocycles. The topological polar surface area (TPSA) is 44.8 Å². The number of methoxy groups -OCH3 is 1. The minimum atomic E-state index is 0.147. The second kappa shape index (κ2) is 7.82. The van der Waals surface area contributed by atoms with Crippen LogP contribution in [0.2, 0.25) is 0 Å². The number of hydrogen-bond acceptors (Lipinski definition) is 4. The third kappa shape index (κ3) is 3.98. The number of nitrogens with zero attached hydrogens (tertiary/aromatic N) is 2. The Morgan fingerprint density at radius 1 is 1.03 bits per heavy atom. The fourth-order valence-electron chi connectivity index (χ4n) is 6.99. The number of rotatable bonds is 6. The summed E-state index contributed by atoms with van der Waals surface area (Å²) in [6.45, 7) is 4.84. The quantitative estimate of drug-likeness (QED) is 0.800. The lowest BCUT2D eigenvalue weighted by molar-refractivity contribution is -0.127. The normalized spacial score (nSPS) is 33.7. The molecule has 5 aliphatic rings. The highest BCUT2D eigenvalue weighted by molar-refractivity contribution is 5.77. The van der Waals surface area contributed by atoms with Crippen LogP contribution in [-0.2, 0) is 4.79 Å². The van der Waals surface area contributed by atoms with Crippen LogP contribution < -0.4 is 15.0 Å². The van der Waals surface area contributed by atoms with Gasteiger partial charge in [-0.3, -0.25) is 9.69 Å². The van der Waals surface area contributed by atoms with Gasteiger partial charge in [0.1, 0.15) is 5.75 Å². The molecule has 1 aromatic carbocycles. The van der Waals surface area contributed by atoms with Crippen molar-refractivity contribution in [1.29, 1.82) is 0 Å². The predicted octanol–water partition coefficient (Wildman–Crippen LogP) is 3.29. The Morgan fingerprint density at radius 3 is 2.28 bits per heavy atom. The van der Waals surface area contributed by atoms with Crippen LogP contribution in [0.3, 0.4) is 0 Å². The molecule has 0 spiro atoms. The van der Waals surface area contributed by atoms with E-state index >= 15 is 0 Å². The van der Waals surface area contributed by atoms with Gasteiger partial charge in [0.25, 0.3) is 0 Å². The molecular formula is C24H35N3O2. The second-order valence-electron chi connectivity index (χ2n) is 10.00. The summed E-state index contributed by atoms with van der Waals surface area (Å²) in [5.74, 6) is 3.86. The monoisotopic (exact) mass is 397 g/mol. The maximum Gasteiger partial charge on any atom is 0.221 e. The van der Waals surface area contributed by atoms with Gasteiger partial charge in [0.15, 0.2) is 0 Å². The van der Waals surface area contributed by atoms with Crippen LogP contribution in [0, 0.1) is 17.8 Å². The lowest BCUT2D eigenvalue weighted by Gasteiger charge is -2.57. The van der Waals surface area contributed by atoms with E-state index in [-0.39, 0.29) is 11.4 Å². The van der Waals surface area contributed by atoms with Gasteiger partial charge in [0.2, 0.25) is 5.91 Å². The van der Waals surface area contributed by atoms with Gasteiger partial charge in [-0.15, -0.1) is 0 Å². The summed E-state index contributed by atoms with van der Waals surface area (Å²) in [6.07, 6.45) is 8.62. The lowest BCUT2D eigenvalue weighted by Crippen LogP contribution is -2.60. The van der Waals surface area contributed by atoms with E-state index < -0.39 is 0 Å². The minimum absolute atomic E-state index is 0.147. The van der Waals surface area contributed by atoms with E-state index in [2.05, 4.69) is 27.2 Å². The number of anilines is 1. The fraction of sp³-hybridized carbons (Fsp3) is 0.708. The molecule has 0 aromatic heterocycles. The van der Waals surface area contributed by atoms with Crippen LogP contribution in [0.15, 0.2) is 24.3 Å². The number of amides is 1. The highest BCUT2D eigenvalue weighted by atomic mass is 16.5. The second-order valence-corrected chi connectivity index (χ2v) is 10.00. The lowest BCUT2D eigenvalue weighted by atomic mass is 9.53. The van der Waals surface area contributed by atoms with Crippen molar-refractivity contribution in [3.8, 4) is 5.75 Å². The Morgan fingerprint density at radius 2 is 1.66 bits per heavy atom. The third-order valence-corrected chi connectivity index (χ3v) is 7.90. The van der Waals surface area contributed by atoms with Crippen LogP contribution in [-0.4, -0.2) is 56.2 Å². The number of carbonyl (C=O) groups is 1. The average Bonchev–Trinajstić information content (AvgIpc) is 2.71. The van der Waals surface area contributed by atoms with Gasteiger partial charge in [-0.2, -0.15) is 0 Å². The molecule has 4 aliphatic carbocycles. The van der Waals surface area contributed by atoms with Crippen LogP contribution in [0.4, 0.5) is 5.69 Å². The van der Waals surface area contributed by atoms with E-state index in [0.29, 0.717) is 6.42 Å². The van der Waals surface area contributed by atoms with Gasteiger partial charge >= 0.3 is 0 Å². The molecule has 0 atom stereocenters. The first-order chi connectivity index (χ1) is 14.1. The zero-order chi connectivity index (χ0) is 19.8. The van der Waals surface area contributed by atoms with Crippen molar-refractivity contribution in [2.45, 2.75) is 50.5 Å². The predicted molar refractivity (Wildman–Crippen MR) is 115 cm³/mol. The van der Waals surface area contributed by atoms with Crippen molar-refractivity contribution in [2.24, 2.45) is 17.8 Å². The number of para-hydroxylation sites is 2. The molecule has 1 aromatic rings. The molecule has 4 bridgehead atoms. The number of hydrogen-bond donors (Lipinski definition) is 1. The van der Waals surface area contributed by atoms with Crippen molar-refractivity contribution in [2.75, 3.05) is 44.7 Å². The Bertz CT molecular complexity index is 706. The van der Waals surface area contributed by atoms with Crippen molar-refractivity contribution >= 4 is 11.6 Å². The summed E-state index contributed by atoms with van der Waals surface area (Å²) in [4.78, 5) is 17.6.